The third-order valence-corrected chi connectivity index (χ3v) is 3.34. The molecular weight excluding hydrogens is 230 g/mol. The van der Waals surface area contributed by atoms with E-state index in [1.54, 1.807) is 18.2 Å². The van der Waals surface area contributed by atoms with Crippen molar-refractivity contribution in [2.45, 2.75) is 44.2 Å². The van der Waals surface area contributed by atoms with Gasteiger partial charge in [0, 0.05) is 6.04 Å². The molecule has 18 heavy (non-hydrogen) atoms. The fourth-order valence-electron chi connectivity index (χ4n) is 2.35. The van der Waals surface area contributed by atoms with E-state index in [0.29, 0.717) is 0 Å². The summed E-state index contributed by atoms with van der Waals surface area (Å²) in [5.41, 5.74) is 0.809. The van der Waals surface area contributed by atoms with Crippen LogP contribution in [0.15, 0.2) is 24.3 Å². The Morgan fingerprint density at radius 3 is 2.67 bits per heavy atom. The molecule has 4 nitrogen and oxygen atoms in total. The maximum atomic E-state index is 11.8. The van der Waals surface area contributed by atoms with Crippen molar-refractivity contribution in [3.8, 4) is 5.75 Å². The van der Waals surface area contributed by atoms with Gasteiger partial charge in [0.05, 0.1) is 12.5 Å². The van der Waals surface area contributed by atoms with Crippen LogP contribution in [0.5, 0.6) is 5.75 Å². The number of aliphatic hydroxyl groups excluding tert-OH is 1. The first kappa shape index (κ1) is 12.9. The number of phenolic OH excluding ortho intramolecular Hbond substituents is 1. The van der Waals surface area contributed by atoms with Crippen LogP contribution >= 0.6 is 0 Å². The van der Waals surface area contributed by atoms with Crippen LogP contribution in [-0.2, 0) is 11.2 Å². The number of aliphatic hydroxyl groups is 1. The number of rotatable bonds is 3. The Balaban J connectivity index is 1.82. The summed E-state index contributed by atoms with van der Waals surface area (Å²) in [5, 5.41) is 21.7. The summed E-state index contributed by atoms with van der Waals surface area (Å²) >= 11 is 0. The molecule has 1 saturated carbocycles. The highest BCUT2D eigenvalue weighted by Gasteiger charge is 2.20. The molecule has 0 unspecified atom stereocenters. The molecule has 0 aliphatic heterocycles. The van der Waals surface area contributed by atoms with Gasteiger partial charge in [-0.15, -0.1) is 0 Å². The topological polar surface area (TPSA) is 69.6 Å². The number of phenols is 1. The lowest BCUT2D eigenvalue weighted by Crippen LogP contribution is -2.39. The molecule has 0 saturated heterocycles. The highest BCUT2D eigenvalue weighted by Crippen LogP contribution is 2.18. The van der Waals surface area contributed by atoms with Crippen LogP contribution in [0.3, 0.4) is 0 Å². The van der Waals surface area contributed by atoms with Crippen LogP contribution in [-0.4, -0.2) is 28.3 Å². The van der Waals surface area contributed by atoms with Crippen molar-refractivity contribution >= 4 is 5.91 Å². The molecule has 0 atom stereocenters. The maximum absolute atomic E-state index is 11.8. The SMILES string of the molecule is O=C(Cc1cccc(O)c1)NC1CCC(O)CC1. The van der Waals surface area contributed by atoms with Crippen molar-refractivity contribution < 1.29 is 15.0 Å². The number of aromatic hydroxyl groups is 1. The molecule has 0 spiro atoms. The average molecular weight is 249 g/mol. The normalized spacial score (nSPS) is 23.6. The monoisotopic (exact) mass is 249 g/mol. The van der Waals surface area contributed by atoms with Gasteiger partial charge in [0.1, 0.15) is 5.75 Å². The van der Waals surface area contributed by atoms with Crippen molar-refractivity contribution in [3.63, 3.8) is 0 Å². The number of carbonyl (C=O) groups excluding carboxylic acids is 1. The summed E-state index contributed by atoms with van der Waals surface area (Å²) in [5.74, 6) is 0.156. The Hall–Kier alpha value is -1.55. The number of hydrogen-bond acceptors (Lipinski definition) is 3. The van der Waals surface area contributed by atoms with Crippen LogP contribution in [0, 0.1) is 0 Å². The van der Waals surface area contributed by atoms with Crippen LogP contribution in [0.4, 0.5) is 0 Å². The van der Waals surface area contributed by atoms with E-state index in [0.717, 1.165) is 31.2 Å². The summed E-state index contributed by atoms with van der Waals surface area (Å²) < 4.78 is 0. The highest BCUT2D eigenvalue weighted by molar-refractivity contribution is 5.78. The predicted octanol–water partition coefficient (Wildman–Crippen LogP) is 1.35. The van der Waals surface area contributed by atoms with Crippen molar-refractivity contribution in [2.24, 2.45) is 0 Å². The van der Waals surface area contributed by atoms with Crippen LogP contribution < -0.4 is 5.32 Å². The fourth-order valence-corrected chi connectivity index (χ4v) is 2.35. The summed E-state index contributed by atoms with van der Waals surface area (Å²) in [6.07, 6.45) is 3.28. The summed E-state index contributed by atoms with van der Waals surface area (Å²) in [6, 6.07) is 6.92. The minimum Gasteiger partial charge on any atom is -0.508 e. The lowest BCUT2D eigenvalue weighted by Gasteiger charge is -2.26. The summed E-state index contributed by atoms with van der Waals surface area (Å²) in [7, 11) is 0. The molecule has 1 aromatic carbocycles. The summed E-state index contributed by atoms with van der Waals surface area (Å²) in [6.45, 7) is 0. The second kappa shape index (κ2) is 5.87. The molecule has 3 N–H and O–H groups in total. The molecule has 1 aliphatic carbocycles. The van der Waals surface area contributed by atoms with Gasteiger partial charge >= 0.3 is 0 Å². The maximum Gasteiger partial charge on any atom is 0.224 e. The predicted molar refractivity (Wildman–Crippen MR) is 68.2 cm³/mol. The lowest BCUT2D eigenvalue weighted by atomic mass is 9.93. The van der Waals surface area contributed by atoms with Gasteiger partial charge in [-0.2, -0.15) is 0 Å². The molecule has 0 heterocycles. The lowest BCUT2D eigenvalue weighted by molar-refractivity contribution is -0.121. The van der Waals surface area contributed by atoms with Gasteiger partial charge in [-0.05, 0) is 43.4 Å². The Kier molecular flexibility index (Phi) is 4.20. The molecule has 1 amide bonds. The molecule has 2 rings (SSSR count). The Morgan fingerprint density at radius 2 is 2.00 bits per heavy atom. The number of nitrogens with one attached hydrogen (secondary N) is 1. The third-order valence-electron chi connectivity index (χ3n) is 3.34. The van der Waals surface area contributed by atoms with Crippen molar-refractivity contribution in [1.82, 2.24) is 5.32 Å². The van der Waals surface area contributed by atoms with Crippen LogP contribution in [0.2, 0.25) is 0 Å². The van der Waals surface area contributed by atoms with Crippen molar-refractivity contribution in [2.75, 3.05) is 0 Å². The summed E-state index contributed by atoms with van der Waals surface area (Å²) in [4.78, 5) is 11.8. The standard InChI is InChI=1S/C14H19NO3/c16-12-6-4-11(5-7-12)15-14(18)9-10-2-1-3-13(17)8-10/h1-3,8,11-12,16-17H,4-7,9H2,(H,15,18). The average Bonchev–Trinajstić information content (AvgIpc) is 2.32. The Bertz CT molecular complexity index is 411. The first-order valence-electron chi connectivity index (χ1n) is 6.39. The minimum absolute atomic E-state index is 0.0259. The molecular formula is C14H19NO3. The van der Waals surface area contributed by atoms with E-state index in [-0.39, 0.29) is 30.2 Å². The molecule has 98 valence electrons. The van der Waals surface area contributed by atoms with Crippen LogP contribution in [0.1, 0.15) is 31.2 Å². The van der Waals surface area contributed by atoms with E-state index >= 15 is 0 Å². The minimum atomic E-state index is -0.204. The molecule has 1 aromatic rings. The fraction of sp³-hybridized carbons (Fsp3) is 0.500. The molecule has 1 aliphatic rings. The van der Waals surface area contributed by atoms with Gasteiger partial charge in [-0.1, -0.05) is 12.1 Å². The largest absolute Gasteiger partial charge is 0.508 e. The van der Waals surface area contributed by atoms with Gasteiger partial charge in [-0.3, -0.25) is 4.79 Å². The van der Waals surface area contributed by atoms with E-state index in [2.05, 4.69) is 5.32 Å². The van der Waals surface area contributed by atoms with Crippen molar-refractivity contribution in [3.05, 3.63) is 29.8 Å². The van der Waals surface area contributed by atoms with Gasteiger partial charge in [0.25, 0.3) is 0 Å². The molecule has 4 heteroatoms. The van der Waals surface area contributed by atoms with Gasteiger partial charge in [0.15, 0.2) is 0 Å². The Labute approximate surface area is 107 Å². The number of hydrogen-bond donors (Lipinski definition) is 3. The molecule has 0 bridgehead atoms. The van der Waals surface area contributed by atoms with Gasteiger partial charge < -0.3 is 15.5 Å². The van der Waals surface area contributed by atoms with E-state index < -0.39 is 0 Å². The molecule has 0 aromatic heterocycles. The smallest absolute Gasteiger partial charge is 0.224 e. The van der Waals surface area contributed by atoms with Gasteiger partial charge in [0.2, 0.25) is 5.91 Å². The zero-order valence-corrected chi connectivity index (χ0v) is 10.3. The third kappa shape index (κ3) is 3.74. The van der Waals surface area contributed by atoms with E-state index in [4.69, 9.17) is 0 Å². The zero-order chi connectivity index (χ0) is 13.0. The second-order valence-corrected chi connectivity index (χ2v) is 4.92. The molecule has 1 fully saturated rings. The molecule has 0 radical (unpaired) electrons. The number of amides is 1. The van der Waals surface area contributed by atoms with Crippen molar-refractivity contribution in [1.29, 1.82) is 0 Å². The first-order chi connectivity index (χ1) is 8.63. The zero-order valence-electron chi connectivity index (χ0n) is 10.3. The quantitative estimate of drug-likeness (QED) is 0.757. The van der Waals surface area contributed by atoms with E-state index in [1.165, 1.54) is 0 Å². The van der Waals surface area contributed by atoms with E-state index in [1.807, 2.05) is 6.07 Å². The van der Waals surface area contributed by atoms with E-state index in [9.17, 15) is 15.0 Å². The van der Waals surface area contributed by atoms with Crippen LogP contribution in [0.25, 0.3) is 0 Å². The second-order valence-electron chi connectivity index (χ2n) is 4.92. The number of benzene rings is 1. The first-order valence-corrected chi connectivity index (χ1v) is 6.39. The highest BCUT2D eigenvalue weighted by atomic mass is 16.3. The Morgan fingerprint density at radius 1 is 1.28 bits per heavy atom. The number of carbonyl (C=O) groups is 1. The van der Waals surface area contributed by atoms with Gasteiger partial charge in [-0.25, -0.2) is 0 Å².